The Kier molecular flexibility index (Phi) is 3.76. The van der Waals surface area contributed by atoms with Crippen LogP contribution in [0.2, 0.25) is 0 Å². The SMILES string of the molecule is O=c1[nH]ncn1Cc1ccc(C#Cc2cnc3c(c2)OCCN3)s1. The minimum Gasteiger partial charge on any atom is -0.488 e. The van der Waals surface area contributed by atoms with Crippen molar-refractivity contribution in [1.29, 1.82) is 0 Å². The van der Waals surface area contributed by atoms with E-state index < -0.39 is 0 Å². The van der Waals surface area contributed by atoms with Crippen molar-refractivity contribution in [3.63, 3.8) is 0 Å². The molecule has 0 saturated carbocycles. The van der Waals surface area contributed by atoms with E-state index in [9.17, 15) is 4.79 Å². The first-order chi connectivity index (χ1) is 11.8. The summed E-state index contributed by atoms with van der Waals surface area (Å²) in [5.74, 6) is 7.72. The smallest absolute Gasteiger partial charge is 0.343 e. The molecule has 8 heteroatoms. The molecule has 0 radical (unpaired) electrons. The van der Waals surface area contributed by atoms with Crippen LogP contribution < -0.4 is 15.7 Å². The number of aromatic nitrogens is 4. The first-order valence-corrected chi connectivity index (χ1v) is 8.17. The zero-order valence-electron chi connectivity index (χ0n) is 12.6. The van der Waals surface area contributed by atoms with Crippen molar-refractivity contribution in [2.75, 3.05) is 18.5 Å². The highest BCUT2D eigenvalue weighted by Crippen LogP contribution is 2.25. The van der Waals surface area contributed by atoms with Crippen molar-refractivity contribution in [2.24, 2.45) is 0 Å². The summed E-state index contributed by atoms with van der Waals surface area (Å²) in [5.41, 5.74) is 0.586. The molecule has 0 unspecified atom stereocenters. The Hall–Kier alpha value is -3.05. The summed E-state index contributed by atoms with van der Waals surface area (Å²) in [6, 6.07) is 5.80. The topological polar surface area (TPSA) is 84.8 Å². The lowest BCUT2D eigenvalue weighted by Crippen LogP contribution is -2.19. The van der Waals surface area contributed by atoms with Gasteiger partial charge in [0.15, 0.2) is 11.6 Å². The second kappa shape index (κ2) is 6.22. The Morgan fingerprint density at radius 3 is 3.21 bits per heavy atom. The maximum absolute atomic E-state index is 11.5. The summed E-state index contributed by atoms with van der Waals surface area (Å²) in [4.78, 5) is 17.7. The normalized spacial score (nSPS) is 12.5. The summed E-state index contributed by atoms with van der Waals surface area (Å²) >= 11 is 1.55. The second-order valence-electron chi connectivity index (χ2n) is 5.15. The minimum absolute atomic E-state index is 0.218. The molecule has 0 atom stereocenters. The molecule has 0 fully saturated rings. The van der Waals surface area contributed by atoms with Crippen molar-refractivity contribution in [3.8, 4) is 17.6 Å². The van der Waals surface area contributed by atoms with E-state index in [1.165, 1.54) is 10.9 Å². The molecular weight excluding hydrogens is 326 g/mol. The van der Waals surface area contributed by atoms with Crippen LogP contribution >= 0.6 is 11.3 Å². The molecule has 0 bridgehead atoms. The zero-order valence-corrected chi connectivity index (χ0v) is 13.4. The maximum atomic E-state index is 11.5. The quantitative estimate of drug-likeness (QED) is 0.687. The number of anilines is 1. The van der Waals surface area contributed by atoms with Crippen LogP contribution in [-0.2, 0) is 6.54 Å². The molecule has 0 saturated heterocycles. The average molecular weight is 339 g/mol. The summed E-state index contributed by atoms with van der Waals surface area (Å²) in [5, 5.41) is 9.27. The number of hydrogen-bond acceptors (Lipinski definition) is 6. The lowest BCUT2D eigenvalue weighted by Gasteiger charge is -2.17. The highest BCUT2D eigenvalue weighted by Gasteiger charge is 2.10. The van der Waals surface area contributed by atoms with Gasteiger partial charge in [0.05, 0.1) is 18.0 Å². The van der Waals surface area contributed by atoms with Gasteiger partial charge < -0.3 is 10.1 Å². The van der Waals surface area contributed by atoms with Crippen molar-refractivity contribution in [3.05, 3.63) is 56.5 Å². The number of rotatable bonds is 2. The molecule has 1 aliphatic heterocycles. The van der Waals surface area contributed by atoms with E-state index in [4.69, 9.17) is 4.74 Å². The second-order valence-corrected chi connectivity index (χ2v) is 6.32. The average Bonchev–Trinajstić information content (AvgIpc) is 3.22. The van der Waals surface area contributed by atoms with Crippen molar-refractivity contribution < 1.29 is 4.74 Å². The number of hydrogen-bond donors (Lipinski definition) is 2. The van der Waals surface area contributed by atoms with E-state index in [1.54, 1.807) is 17.5 Å². The van der Waals surface area contributed by atoms with Gasteiger partial charge in [-0.15, -0.1) is 11.3 Å². The lowest BCUT2D eigenvalue weighted by molar-refractivity contribution is 0.321. The van der Waals surface area contributed by atoms with E-state index in [0.717, 1.165) is 33.4 Å². The van der Waals surface area contributed by atoms with E-state index >= 15 is 0 Å². The molecule has 2 N–H and O–H groups in total. The van der Waals surface area contributed by atoms with Gasteiger partial charge in [-0.05, 0) is 12.1 Å². The van der Waals surface area contributed by atoms with Gasteiger partial charge in [0.25, 0.3) is 0 Å². The van der Waals surface area contributed by atoms with Gasteiger partial charge in [-0.1, -0.05) is 11.8 Å². The molecule has 4 rings (SSSR count). The van der Waals surface area contributed by atoms with Crippen LogP contribution in [0.4, 0.5) is 5.82 Å². The fourth-order valence-electron chi connectivity index (χ4n) is 2.30. The van der Waals surface area contributed by atoms with Crippen LogP contribution in [0.15, 0.2) is 35.5 Å². The Balaban J connectivity index is 1.51. The fourth-order valence-corrected chi connectivity index (χ4v) is 3.16. The molecule has 1 aliphatic rings. The largest absolute Gasteiger partial charge is 0.488 e. The van der Waals surface area contributed by atoms with E-state index in [1.807, 2.05) is 18.2 Å². The van der Waals surface area contributed by atoms with E-state index in [2.05, 4.69) is 32.3 Å². The summed E-state index contributed by atoms with van der Waals surface area (Å²) in [6.45, 7) is 1.89. The molecule has 0 spiro atoms. The number of ether oxygens (including phenoxy) is 1. The van der Waals surface area contributed by atoms with Crippen LogP contribution in [0.1, 0.15) is 15.3 Å². The summed E-state index contributed by atoms with van der Waals surface area (Å²) < 4.78 is 7.07. The fraction of sp³-hybridized carbons (Fsp3) is 0.188. The molecular formula is C16H13N5O2S. The maximum Gasteiger partial charge on any atom is 0.343 e. The van der Waals surface area contributed by atoms with Crippen LogP contribution in [0.25, 0.3) is 0 Å². The molecule has 7 nitrogen and oxygen atoms in total. The number of nitrogens with one attached hydrogen (secondary N) is 2. The zero-order chi connectivity index (χ0) is 16.4. The summed E-state index contributed by atoms with van der Waals surface area (Å²) in [6.07, 6.45) is 3.22. The molecule has 0 aromatic carbocycles. The molecule has 0 aliphatic carbocycles. The standard InChI is InChI=1S/C16H13N5O2S/c22-16-20-19-10-21(16)9-13-4-3-12(24-13)2-1-11-7-14-15(18-8-11)17-5-6-23-14/h3-4,7-8,10H,5-6,9H2,(H,17,18)(H,20,22). The number of fused-ring (bicyclic) bond motifs is 1. The highest BCUT2D eigenvalue weighted by atomic mass is 32.1. The Morgan fingerprint density at radius 2 is 2.33 bits per heavy atom. The first-order valence-electron chi connectivity index (χ1n) is 7.35. The van der Waals surface area contributed by atoms with Gasteiger partial charge in [0.1, 0.15) is 12.9 Å². The Morgan fingerprint density at radius 1 is 1.38 bits per heavy atom. The number of H-pyrrole nitrogens is 1. The van der Waals surface area contributed by atoms with Gasteiger partial charge in [0, 0.05) is 22.7 Å². The third-order valence-corrected chi connectivity index (χ3v) is 4.43. The van der Waals surface area contributed by atoms with Gasteiger partial charge >= 0.3 is 5.69 Å². The first kappa shape index (κ1) is 14.5. The van der Waals surface area contributed by atoms with Crippen LogP contribution in [0.5, 0.6) is 5.75 Å². The number of nitrogens with zero attached hydrogens (tertiary/aromatic N) is 3. The molecule has 120 valence electrons. The molecule has 3 aromatic heterocycles. The van der Waals surface area contributed by atoms with Gasteiger partial charge in [-0.3, -0.25) is 4.57 Å². The van der Waals surface area contributed by atoms with Crippen molar-refractivity contribution in [2.45, 2.75) is 6.54 Å². The summed E-state index contributed by atoms with van der Waals surface area (Å²) in [7, 11) is 0. The number of aromatic amines is 1. The minimum atomic E-state index is -0.218. The molecule has 0 amide bonds. The number of thiophene rings is 1. The third kappa shape index (κ3) is 3.02. The predicted octanol–water partition coefficient (Wildman–Crippen LogP) is 1.28. The lowest BCUT2D eigenvalue weighted by atomic mass is 10.2. The highest BCUT2D eigenvalue weighted by molar-refractivity contribution is 7.12. The van der Waals surface area contributed by atoms with Gasteiger partial charge in [-0.25, -0.2) is 14.9 Å². The van der Waals surface area contributed by atoms with Gasteiger partial charge in [-0.2, -0.15) is 5.10 Å². The van der Waals surface area contributed by atoms with Crippen LogP contribution in [0.3, 0.4) is 0 Å². The monoisotopic (exact) mass is 339 g/mol. The van der Waals surface area contributed by atoms with Crippen LogP contribution in [0, 0.1) is 11.8 Å². The molecule has 24 heavy (non-hydrogen) atoms. The van der Waals surface area contributed by atoms with Gasteiger partial charge in [0.2, 0.25) is 0 Å². The Labute approximate surface area is 141 Å². The Bertz CT molecular complexity index is 992. The third-order valence-electron chi connectivity index (χ3n) is 3.44. The van der Waals surface area contributed by atoms with Crippen molar-refractivity contribution >= 4 is 17.2 Å². The van der Waals surface area contributed by atoms with E-state index in [-0.39, 0.29) is 5.69 Å². The van der Waals surface area contributed by atoms with Crippen molar-refractivity contribution in [1.82, 2.24) is 19.7 Å². The predicted molar refractivity (Wildman–Crippen MR) is 90.5 cm³/mol. The molecule has 3 aromatic rings. The number of pyridine rings is 1. The van der Waals surface area contributed by atoms with Crippen LogP contribution in [-0.4, -0.2) is 32.9 Å². The van der Waals surface area contributed by atoms with E-state index in [0.29, 0.717) is 13.2 Å². The molecule has 4 heterocycles.